The lowest BCUT2D eigenvalue weighted by Gasteiger charge is -2.03. The summed E-state index contributed by atoms with van der Waals surface area (Å²) in [5, 5.41) is 10.8. The van der Waals surface area contributed by atoms with E-state index in [0.717, 1.165) is 5.56 Å². The van der Waals surface area contributed by atoms with Crippen LogP contribution in [-0.2, 0) is 6.42 Å². The lowest BCUT2D eigenvalue weighted by Crippen LogP contribution is -2.14. The second kappa shape index (κ2) is 4.25. The van der Waals surface area contributed by atoms with Gasteiger partial charge in [-0.3, -0.25) is 14.9 Å². The molecule has 6 heteroatoms. The largest absolute Gasteiger partial charge is 0.472 e. The van der Waals surface area contributed by atoms with Gasteiger partial charge in [0.1, 0.15) is 0 Å². The number of aromatic amines is 1. The van der Waals surface area contributed by atoms with Gasteiger partial charge in [-0.15, -0.1) is 0 Å². The van der Waals surface area contributed by atoms with E-state index in [1.54, 1.807) is 19.3 Å². The molecule has 2 rings (SSSR count). The van der Waals surface area contributed by atoms with Crippen LogP contribution in [0.15, 0.2) is 34.0 Å². The molecule has 0 fully saturated rings. The summed E-state index contributed by atoms with van der Waals surface area (Å²) in [6.45, 7) is 1.57. The molecule has 0 aromatic carbocycles. The molecular formula is C11H10N2O4. The minimum absolute atomic E-state index is 0.389. The molecule has 0 bridgehead atoms. The Balaban J connectivity index is 2.46. The quantitative estimate of drug-likeness (QED) is 0.647. The Kier molecular flexibility index (Phi) is 2.78. The predicted molar refractivity (Wildman–Crippen MR) is 60.0 cm³/mol. The fraction of sp³-hybridized carbons (Fsp3) is 0.182. The number of nitro groups is 1. The summed E-state index contributed by atoms with van der Waals surface area (Å²) in [5.74, 6) is 0. The van der Waals surface area contributed by atoms with Crippen molar-refractivity contribution in [1.82, 2.24) is 4.98 Å². The molecule has 0 saturated heterocycles. The van der Waals surface area contributed by atoms with Gasteiger partial charge in [0.2, 0.25) is 0 Å². The van der Waals surface area contributed by atoms with E-state index in [9.17, 15) is 14.9 Å². The van der Waals surface area contributed by atoms with Crippen molar-refractivity contribution in [2.75, 3.05) is 0 Å². The summed E-state index contributed by atoms with van der Waals surface area (Å²) < 4.78 is 4.92. The average Bonchev–Trinajstić information content (AvgIpc) is 2.74. The van der Waals surface area contributed by atoms with Gasteiger partial charge < -0.3 is 9.40 Å². The van der Waals surface area contributed by atoms with Crippen molar-refractivity contribution in [2.45, 2.75) is 13.3 Å². The van der Waals surface area contributed by atoms with E-state index in [-0.39, 0.29) is 0 Å². The number of hydrogen-bond acceptors (Lipinski definition) is 4. The molecule has 0 aliphatic rings. The number of H-pyrrole nitrogens is 1. The fourth-order valence-electron chi connectivity index (χ4n) is 1.67. The van der Waals surface area contributed by atoms with Gasteiger partial charge in [0, 0.05) is 18.2 Å². The normalized spacial score (nSPS) is 10.4. The van der Waals surface area contributed by atoms with Crippen LogP contribution in [0, 0.1) is 17.0 Å². The van der Waals surface area contributed by atoms with E-state index < -0.39 is 16.2 Å². The smallest absolute Gasteiger partial charge is 0.337 e. The zero-order chi connectivity index (χ0) is 12.4. The van der Waals surface area contributed by atoms with Crippen LogP contribution in [0.2, 0.25) is 0 Å². The van der Waals surface area contributed by atoms with Gasteiger partial charge in [-0.25, -0.2) is 0 Å². The Labute approximate surface area is 96.0 Å². The summed E-state index contributed by atoms with van der Waals surface area (Å²) in [7, 11) is 0. The van der Waals surface area contributed by atoms with Crippen LogP contribution in [0.5, 0.6) is 0 Å². The van der Waals surface area contributed by atoms with Crippen molar-refractivity contribution in [3.8, 4) is 0 Å². The molecule has 0 saturated carbocycles. The minimum Gasteiger partial charge on any atom is -0.472 e. The molecule has 2 heterocycles. The Bertz CT molecular complexity index is 598. The molecule has 0 atom stereocenters. The SMILES string of the molecule is Cc1c(Cc2ccoc2)c[nH]c(=O)c1[N+](=O)[O-]. The van der Waals surface area contributed by atoms with Crippen molar-refractivity contribution in [3.05, 3.63) is 61.9 Å². The third-order valence-electron chi connectivity index (χ3n) is 2.59. The lowest BCUT2D eigenvalue weighted by atomic mass is 10.0. The highest BCUT2D eigenvalue weighted by atomic mass is 16.6. The molecule has 0 amide bonds. The number of hydrogen-bond donors (Lipinski definition) is 1. The zero-order valence-corrected chi connectivity index (χ0v) is 9.10. The number of furan rings is 1. The van der Waals surface area contributed by atoms with Crippen LogP contribution in [0.3, 0.4) is 0 Å². The topological polar surface area (TPSA) is 89.1 Å². The van der Waals surface area contributed by atoms with E-state index >= 15 is 0 Å². The highest BCUT2D eigenvalue weighted by Gasteiger charge is 2.19. The second-order valence-electron chi connectivity index (χ2n) is 3.68. The van der Waals surface area contributed by atoms with E-state index in [4.69, 9.17) is 4.42 Å². The van der Waals surface area contributed by atoms with Crippen LogP contribution in [0.25, 0.3) is 0 Å². The maximum atomic E-state index is 11.3. The summed E-state index contributed by atoms with van der Waals surface area (Å²) in [6.07, 6.45) is 5.08. The second-order valence-corrected chi connectivity index (χ2v) is 3.68. The Morgan fingerprint density at radius 2 is 2.29 bits per heavy atom. The van der Waals surface area contributed by atoms with E-state index in [1.807, 2.05) is 0 Å². The maximum Gasteiger partial charge on any atom is 0.337 e. The number of pyridine rings is 1. The zero-order valence-electron chi connectivity index (χ0n) is 9.10. The van der Waals surface area contributed by atoms with Crippen molar-refractivity contribution < 1.29 is 9.34 Å². The Hall–Kier alpha value is -2.37. The number of aromatic nitrogens is 1. The van der Waals surface area contributed by atoms with Crippen LogP contribution in [-0.4, -0.2) is 9.91 Å². The first kappa shape index (κ1) is 11.1. The number of nitrogens with zero attached hydrogens (tertiary/aromatic N) is 1. The fourth-order valence-corrected chi connectivity index (χ4v) is 1.67. The third-order valence-corrected chi connectivity index (χ3v) is 2.59. The first-order valence-electron chi connectivity index (χ1n) is 4.96. The molecule has 17 heavy (non-hydrogen) atoms. The van der Waals surface area contributed by atoms with Gasteiger partial charge in [0.25, 0.3) is 0 Å². The van der Waals surface area contributed by atoms with E-state index in [0.29, 0.717) is 17.5 Å². The lowest BCUT2D eigenvalue weighted by molar-refractivity contribution is -0.386. The summed E-state index contributed by atoms with van der Waals surface area (Å²) in [5.41, 5.74) is 0.918. The van der Waals surface area contributed by atoms with Gasteiger partial charge in [-0.1, -0.05) is 0 Å². The molecular weight excluding hydrogens is 224 g/mol. The Morgan fingerprint density at radius 3 is 2.88 bits per heavy atom. The first-order chi connectivity index (χ1) is 8.09. The standard InChI is InChI=1S/C11H10N2O4/c1-7-9(4-8-2-3-17-6-8)5-12-11(14)10(7)13(15)16/h2-3,5-6H,4H2,1H3,(H,12,14). The van der Waals surface area contributed by atoms with Crippen molar-refractivity contribution in [3.63, 3.8) is 0 Å². The van der Waals surface area contributed by atoms with Gasteiger partial charge in [0.15, 0.2) is 0 Å². The third kappa shape index (κ3) is 2.10. The van der Waals surface area contributed by atoms with Crippen LogP contribution < -0.4 is 5.56 Å². The van der Waals surface area contributed by atoms with Crippen molar-refractivity contribution in [1.29, 1.82) is 0 Å². The van der Waals surface area contributed by atoms with E-state index in [2.05, 4.69) is 4.98 Å². The number of rotatable bonds is 3. The van der Waals surface area contributed by atoms with Gasteiger partial charge in [-0.05, 0) is 24.1 Å². The first-order valence-corrected chi connectivity index (χ1v) is 4.96. The number of nitrogens with one attached hydrogen (secondary N) is 1. The molecule has 0 spiro atoms. The molecule has 2 aromatic heterocycles. The molecule has 2 aromatic rings. The molecule has 0 unspecified atom stereocenters. The highest BCUT2D eigenvalue weighted by molar-refractivity contribution is 5.43. The monoisotopic (exact) mass is 234 g/mol. The van der Waals surface area contributed by atoms with Crippen LogP contribution in [0.1, 0.15) is 16.7 Å². The summed E-state index contributed by atoms with van der Waals surface area (Å²) in [4.78, 5) is 23.8. The van der Waals surface area contributed by atoms with Gasteiger partial charge >= 0.3 is 11.2 Å². The predicted octanol–water partition coefficient (Wildman–Crippen LogP) is 1.78. The average molecular weight is 234 g/mol. The molecule has 0 aliphatic carbocycles. The molecule has 0 radical (unpaired) electrons. The molecule has 88 valence electrons. The molecule has 0 aliphatic heterocycles. The van der Waals surface area contributed by atoms with Crippen LogP contribution in [0.4, 0.5) is 5.69 Å². The summed E-state index contributed by atoms with van der Waals surface area (Å²) in [6, 6.07) is 1.77. The highest BCUT2D eigenvalue weighted by Crippen LogP contribution is 2.18. The minimum atomic E-state index is -0.677. The molecule has 1 N–H and O–H groups in total. The Morgan fingerprint density at radius 1 is 1.53 bits per heavy atom. The van der Waals surface area contributed by atoms with Gasteiger partial charge in [0.05, 0.1) is 17.4 Å². The summed E-state index contributed by atoms with van der Waals surface area (Å²) >= 11 is 0. The van der Waals surface area contributed by atoms with Gasteiger partial charge in [-0.2, -0.15) is 0 Å². The maximum absolute atomic E-state index is 11.3. The van der Waals surface area contributed by atoms with E-state index in [1.165, 1.54) is 12.5 Å². The van der Waals surface area contributed by atoms with Crippen LogP contribution >= 0.6 is 0 Å². The van der Waals surface area contributed by atoms with Crippen molar-refractivity contribution in [2.24, 2.45) is 0 Å². The molecule has 6 nitrogen and oxygen atoms in total. The van der Waals surface area contributed by atoms with Crippen molar-refractivity contribution >= 4 is 5.69 Å².